The number of nitriles is 2. The Morgan fingerprint density at radius 2 is 1.91 bits per heavy atom. The second-order valence-corrected chi connectivity index (χ2v) is 1.89. The summed E-state index contributed by atoms with van der Waals surface area (Å²) in [6, 6.07) is 10.6. The van der Waals surface area contributed by atoms with Gasteiger partial charge in [0.15, 0.2) is 0 Å². The number of rotatable bonds is 1. The molecule has 0 aliphatic rings. The molecule has 0 unspecified atom stereocenters. The zero-order valence-corrected chi connectivity index (χ0v) is 5.70. The molecule has 2 nitrogen and oxygen atoms in total. The fourth-order valence-corrected chi connectivity index (χ4v) is 0.750. The SMILES string of the molecule is N#C[C-]c1ccccc1C#N. The third-order valence-electron chi connectivity index (χ3n) is 1.24. The van der Waals surface area contributed by atoms with Crippen molar-refractivity contribution in [1.29, 1.82) is 10.5 Å². The number of hydrogen-bond acceptors (Lipinski definition) is 2. The Morgan fingerprint density at radius 3 is 2.55 bits per heavy atom. The van der Waals surface area contributed by atoms with E-state index in [1.165, 1.54) is 0 Å². The molecule has 0 saturated carbocycles. The average Bonchev–Trinajstić information content (AvgIpc) is 2.06. The number of benzene rings is 1. The molecule has 1 rings (SSSR count). The Kier molecular flexibility index (Phi) is 2.15. The Morgan fingerprint density at radius 1 is 1.18 bits per heavy atom. The predicted octanol–water partition coefficient (Wildman–Crippen LogP) is 1.51. The lowest BCUT2D eigenvalue weighted by atomic mass is 10.1. The van der Waals surface area contributed by atoms with Crippen LogP contribution >= 0.6 is 0 Å². The van der Waals surface area contributed by atoms with E-state index < -0.39 is 0 Å². The summed E-state index contributed by atoms with van der Waals surface area (Å²) in [5, 5.41) is 16.8. The molecule has 0 saturated heterocycles. The summed E-state index contributed by atoms with van der Waals surface area (Å²) in [4.78, 5) is 0. The van der Waals surface area contributed by atoms with Crippen molar-refractivity contribution >= 4 is 0 Å². The van der Waals surface area contributed by atoms with Crippen molar-refractivity contribution in [3.05, 3.63) is 41.8 Å². The minimum atomic E-state index is 0.481. The van der Waals surface area contributed by atoms with Gasteiger partial charge in [0.05, 0.1) is 0 Å². The van der Waals surface area contributed by atoms with Gasteiger partial charge in [-0.25, -0.2) is 10.5 Å². The van der Waals surface area contributed by atoms with Gasteiger partial charge in [0.25, 0.3) is 0 Å². The van der Waals surface area contributed by atoms with Gasteiger partial charge < -0.3 is 0 Å². The van der Waals surface area contributed by atoms with E-state index in [0.717, 1.165) is 0 Å². The van der Waals surface area contributed by atoms with Crippen molar-refractivity contribution < 1.29 is 0 Å². The van der Waals surface area contributed by atoms with Crippen LogP contribution in [0.3, 0.4) is 0 Å². The van der Waals surface area contributed by atoms with Crippen LogP contribution in [0.5, 0.6) is 0 Å². The third-order valence-corrected chi connectivity index (χ3v) is 1.24. The van der Waals surface area contributed by atoms with Crippen LogP contribution in [0.1, 0.15) is 11.1 Å². The van der Waals surface area contributed by atoms with Crippen LogP contribution in [0.2, 0.25) is 0 Å². The molecule has 0 N–H and O–H groups in total. The van der Waals surface area contributed by atoms with Crippen molar-refractivity contribution in [3.63, 3.8) is 0 Å². The highest BCUT2D eigenvalue weighted by Crippen LogP contribution is 2.08. The van der Waals surface area contributed by atoms with Gasteiger partial charge in [-0.2, -0.15) is 11.6 Å². The van der Waals surface area contributed by atoms with Crippen LogP contribution in [-0.2, 0) is 0 Å². The maximum Gasteiger partial charge on any atom is 0.0314 e. The molecule has 0 heterocycles. The third kappa shape index (κ3) is 1.50. The van der Waals surface area contributed by atoms with E-state index in [-0.39, 0.29) is 0 Å². The molecule has 0 aliphatic carbocycles. The van der Waals surface area contributed by atoms with E-state index in [0.29, 0.717) is 11.1 Å². The van der Waals surface area contributed by atoms with Gasteiger partial charge in [0, 0.05) is 12.1 Å². The van der Waals surface area contributed by atoms with Crippen LogP contribution in [0, 0.1) is 29.1 Å². The maximum atomic E-state index is 8.55. The van der Waals surface area contributed by atoms with Gasteiger partial charge >= 0.3 is 0 Å². The van der Waals surface area contributed by atoms with Gasteiger partial charge in [-0.15, -0.1) is 12.1 Å². The quantitative estimate of drug-likeness (QED) is 0.555. The summed E-state index contributed by atoms with van der Waals surface area (Å²) < 4.78 is 0. The molecule has 1 aromatic rings. The minimum Gasteiger partial charge on any atom is -0.209 e. The van der Waals surface area contributed by atoms with Gasteiger partial charge in [-0.1, -0.05) is 12.5 Å². The van der Waals surface area contributed by atoms with Crippen LogP contribution < -0.4 is 0 Å². The fraction of sp³-hybridized carbons (Fsp3) is 0. The van der Waals surface area contributed by atoms with Crippen LogP contribution in [0.25, 0.3) is 0 Å². The minimum absolute atomic E-state index is 0.481. The zero-order valence-electron chi connectivity index (χ0n) is 5.70. The first kappa shape index (κ1) is 7.18. The molecule has 0 bridgehead atoms. The molecule has 1 radical (unpaired) electrons. The van der Waals surface area contributed by atoms with E-state index in [2.05, 4.69) is 6.42 Å². The van der Waals surface area contributed by atoms with E-state index in [4.69, 9.17) is 10.5 Å². The standard InChI is InChI=1S/C9H4N2/c10-6-5-8-3-1-2-4-9(8)7-11/h1-4H/q-1. The zero-order chi connectivity index (χ0) is 8.10. The first-order valence-electron chi connectivity index (χ1n) is 3.02. The molecular formula is C9H4N2-. The summed E-state index contributed by atoms with van der Waals surface area (Å²) >= 11 is 0. The molecule has 1 aromatic carbocycles. The summed E-state index contributed by atoms with van der Waals surface area (Å²) in [7, 11) is 0. The van der Waals surface area contributed by atoms with Gasteiger partial charge in [0.1, 0.15) is 0 Å². The maximum absolute atomic E-state index is 8.55. The van der Waals surface area contributed by atoms with Gasteiger partial charge in [-0.05, 0) is 5.56 Å². The monoisotopic (exact) mass is 140 g/mol. The van der Waals surface area contributed by atoms with Crippen LogP contribution in [0.4, 0.5) is 0 Å². The highest BCUT2D eigenvalue weighted by Gasteiger charge is 1.86. The first-order valence-corrected chi connectivity index (χ1v) is 3.02. The van der Waals surface area contributed by atoms with Crippen molar-refractivity contribution in [2.75, 3.05) is 0 Å². The lowest BCUT2D eigenvalue weighted by Gasteiger charge is -2.05. The molecular weight excluding hydrogens is 136 g/mol. The van der Waals surface area contributed by atoms with E-state index in [1.54, 1.807) is 30.3 Å². The lowest BCUT2D eigenvalue weighted by molar-refractivity contribution is 1.41. The molecule has 0 aromatic heterocycles. The molecule has 11 heavy (non-hydrogen) atoms. The van der Waals surface area contributed by atoms with Gasteiger partial charge in [-0.3, -0.25) is 0 Å². The van der Waals surface area contributed by atoms with E-state index >= 15 is 0 Å². The Hall–Kier alpha value is -1.93. The average molecular weight is 140 g/mol. The molecule has 0 spiro atoms. The molecule has 51 valence electrons. The lowest BCUT2D eigenvalue weighted by Crippen LogP contribution is -1.83. The summed E-state index contributed by atoms with van der Waals surface area (Å²) in [5.74, 6) is 0. The van der Waals surface area contributed by atoms with Gasteiger partial charge in [0.2, 0.25) is 0 Å². The second kappa shape index (κ2) is 3.29. The Balaban J connectivity index is 3.07. The topological polar surface area (TPSA) is 47.6 Å². The second-order valence-electron chi connectivity index (χ2n) is 1.89. The van der Waals surface area contributed by atoms with E-state index in [9.17, 15) is 0 Å². The van der Waals surface area contributed by atoms with Crippen molar-refractivity contribution in [3.8, 4) is 12.1 Å². The fourth-order valence-electron chi connectivity index (χ4n) is 0.750. The largest absolute Gasteiger partial charge is 0.209 e. The number of nitrogens with zero attached hydrogens (tertiary/aromatic N) is 2. The Bertz CT molecular complexity index is 328. The smallest absolute Gasteiger partial charge is 0.0314 e. The summed E-state index contributed by atoms with van der Waals surface area (Å²) in [6.45, 7) is 0. The predicted molar refractivity (Wildman–Crippen MR) is 39.1 cm³/mol. The van der Waals surface area contributed by atoms with Crippen molar-refractivity contribution in [2.24, 2.45) is 0 Å². The molecule has 0 atom stereocenters. The normalized spacial score (nSPS) is 7.82. The van der Waals surface area contributed by atoms with Crippen molar-refractivity contribution in [1.82, 2.24) is 0 Å². The summed E-state index contributed by atoms with van der Waals surface area (Å²) in [6.07, 6.45) is 2.41. The molecule has 0 amide bonds. The molecule has 2 heteroatoms. The van der Waals surface area contributed by atoms with Crippen LogP contribution in [0.15, 0.2) is 24.3 Å². The highest BCUT2D eigenvalue weighted by atomic mass is 14.3. The first-order chi connectivity index (χ1) is 5.38. The molecule has 0 fully saturated rings. The Labute approximate surface area is 65.3 Å². The molecule has 0 aliphatic heterocycles. The summed E-state index contributed by atoms with van der Waals surface area (Å²) in [5.41, 5.74) is 1.03. The van der Waals surface area contributed by atoms with Crippen LogP contribution in [-0.4, -0.2) is 0 Å². The highest BCUT2D eigenvalue weighted by molar-refractivity contribution is 5.44. The van der Waals surface area contributed by atoms with E-state index in [1.807, 2.05) is 6.07 Å². The number of hydrogen-bond donors (Lipinski definition) is 0. The van der Waals surface area contributed by atoms with Crippen molar-refractivity contribution in [2.45, 2.75) is 0 Å².